The molecule has 2 aliphatic heterocycles. The van der Waals surface area contributed by atoms with E-state index >= 15 is 4.39 Å². The molecule has 1 saturated heterocycles. The molecule has 0 spiro atoms. The van der Waals surface area contributed by atoms with E-state index in [1.807, 2.05) is 36.1 Å². The summed E-state index contributed by atoms with van der Waals surface area (Å²) in [7, 11) is 0. The number of benzene rings is 2. The van der Waals surface area contributed by atoms with Crippen molar-refractivity contribution in [2.24, 2.45) is 0 Å². The molecule has 0 bridgehead atoms. The Morgan fingerprint density at radius 1 is 0.921 bits per heavy atom. The Morgan fingerprint density at radius 3 is 2.46 bits per heavy atom. The molecule has 0 aliphatic carbocycles. The van der Waals surface area contributed by atoms with E-state index in [9.17, 15) is 19.5 Å². The normalized spacial score (nSPS) is 14.0. The van der Waals surface area contributed by atoms with Crippen LogP contribution in [0.5, 0.6) is 5.75 Å². The van der Waals surface area contributed by atoms with Gasteiger partial charge in [-0.1, -0.05) is 35.3 Å². The molecule has 5 aromatic rings. The molecule has 1 fully saturated rings. The third-order valence-corrected chi connectivity index (χ3v) is 12.4. The lowest BCUT2D eigenvalue weighted by molar-refractivity contribution is -0.138. The summed E-state index contributed by atoms with van der Waals surface area (Å²) >= 11 is 2.85. The van der Waals surface area contributed by atoms with Crippen molar-refractivity contribution >= 4 is 72.4 Å². The number of nitrogens with one attached hydrogen (secondary N) is 1. The number of aromatic carboxylic acids is 1. The highest BCUT2D eigenvalue weighted by Gasteiger charge is 2.29. The molecule has 2 N–H and O–H groups in total. The molecule has 63 heavy (non-hydrogen) atoms. The fraction of sp³-hybridized carbons (Fsp3) is 0.432. The quantitative estimate of drug-likeness (QED) is 0.0721. The van der Waals surface area contributed by atoms with E-state index < -0.39 is 11.8 Å². The first-order valence-electron chi connectivity index (χ1n) is 20.8. The van der Waals surface area contributed by atoms with E-state index in [0.717, 1.165) is 39.3 Å². The monoisotopic (exact) mass is 900 g/mol. The van der Waals surface area contributed by atoms with Gasteiger partial charge in [-0.05, 0) is 69.9 Å². The van der Waals surface area contributed by atoms with Crippen LogP contribution in [-0.4, -0.2) is 138 Å². The minimum Gasteiger partial charge on any atom is -0.491 e. The van der Waals surface area contributed by atoms with E-state index in [4.69, 9.17) is 18.9 Å². The van der Waals surface area contributed by atoms with Gasteiger partial charge in [-0.2, -0.15) is 0 Å². The predicted octanol–water partition coefficient (Wildman–Crippen LogP) is 5.66. The highest BCUT2D eigenvalue weighted by Crippen LogP contribution is 2.39. The van der Waals surface area contributed by atoms with Crippen LogP contribution in [0.4, 0.5) is 26.3 Å². The molecule has 5 heterocycles. The number of fused-ring (bicyclic) bond motifs is 2. The average Bonchev–Trinajstić information content (AvgIpc) is 3.90. The molecule has 7 rings (SSSR count). The van der Waals surface area contributed by atoms with Crippen molar-refractivity contribution in [2.75, 3.05) is 95.7 Å². The Morgan fingerprint density at radius 2 is 1.70 bits per heavy atom. The first-order valence-corrected chi connectivity index (χ1v) is 22.4. The molecule has 0 saturated carbocycles. The van der Waals surface area contributed by atoms with E-state index in [0.29, 0.717) is 99.1 Å². The van der Waals surface area contributed by atoms with Crippen molar-refractivity contribution < 1.29 is 42.8 Å². The molecule has 332 valence electrons. The maximum atomic E-state index is 15.0. The number of para-hydroxylation sites is 1. The largest absolute Gasteiger partial charge is 0.491 e. The standard InChI is InChI=1S/C44H49FN8O8S2/c1-29(54)27-59-24-22-58-23-25-60-28-38(55)52-19-17-51(18-20-52)15-5-8-31-13-14-35(33(45)26-31)61-21-7-12-37-39(42(56)57)47-44(63-37)53-16-6-9-32-30(2)40(49-50-41(32)53)48-43-46-34-10-3-4-11-36(34)62-43/h3-4,10-11,13-14,26H,6-7,9,12,15-25,27-28H2,1-2H3,(H,56,57)(H,46,48,49). The van der Waals surface area contributed by atoms with Crippen molar-refractivity contribution in [2.45, 2.75) is 39.5 Å². The number of ketones is 1. The van der Waals surface area contributed by atoms with Gasteiger partial charge in [-0.15, -0.1) is 21.5 Å². The lowest BCUT2D eigenvalue weighted by atomic mass is 10.0. The number of amides is 1. The number of hydrogen-bond acceptors (Lipinski definition) is 16. The van der Waals surface area contributed by atoms with Gasteiger partial charge in [-0.3, -0.25) is 14.5 Å². The fourth-order valence-electron chi connectivity index (χ4n) is 7.03. The molecule has 0 atom stereocenters. The van der Waals surface area contributed by atoms with Crippen LogP contribution in [0.3, 0.4) is 0 Å². The second-order valence-corrected chi connectivity index (χ2v) is 17.0. The van der Waals surface area contributed by atoms with Crippen LogP contribution < -0.4 is 15.0 Å². The Hall–Kier alpha value is -5.62. The maximum absolute atomic E-state index is 15.0. The molecule has 0 unspecified atom stereocenters. The summed E-state index contributed by atoms with van der Waals surface area (Å²) in [5.41, 5.74) is 3.40. The summed E-state index contributed by atoms with van der Waals surface area (Å²) < 4.78 is 37.8. The van der Waals surface area contributed by atoms with Gasteiger partial charge in [0.25, 0.3) is 0 Å². The number of halogens is 1. The Bertz CT molecular complexity index is 2430. The number of carboxylic acid groups (broad SMARTS) is 1. The zero-order valence-corrected chi connectivity index (χ0v) is 36.8. The minimum absolute atomic E-state index is 0.0139. The number of carbonyl (C=O) groups is 3. The Labute approximate surface area is 372 Å². The van der Waals surface area contributed by atoms with Gasteiger partial charge >= 0.3 is 5.97 Å². The van der Waals surface area contributed by atoms with Crippen molar-refractivity contribution in [1.29, 1.82) is 0 Å². The second-order valence-electron chi connectivity index (χ2n) is 14.9. The molecule has 19 heteroatoms. The summed E-state index contributed by atoms with van der Waals surface area (Å²) in [5.74, 6) is 5.73. The number of carbonyl (C=O) groups excluding carboxylic acids is 2. The van der Waals surface area contributed by atoms with Crippen molar-refractivity contribution in [3.63, 3.8) is 0 Å². The van der Waals surface area contributed by atoms with Gasteiger partial charge in [0, 0.05) is 54.3 Å². The van der Waals surface area contributed by atoms with Crippen LogP contribution in [0.25, 0.3) is 10.2 Å². The average molecular weight is 901 g/mol. The number of thiazole rings is 2. The van der Waals surface area contributed by atoms with Crippen molar-refractivity contribution in [3.8, 4) is 17.6 Å². The number of aryl methyl sites for hydroxylation is 1. The Balaban J connectivity index is 0.839. The summed E-state index contributed by atoms with van der Waals surface area (Å²) in [6.45, 7) is 8.51. The predicted molar refractivity (Wildman–Crippen MR) is 237 cm³/mol. The van der Waals surface area contributed by atoms with Crippen LogP contribution in [-0.2, 0) is 36.6 Å². The number of piperazine rings is 1. The summed E-state index contributed by atoms with van der Waals surface area (Å²) in [6.07, 6.45) is 2.46. The highest BCUT2D eigenvalue weighted by atomic mass is 32.1. The molecule has 2 aliphatic rings. The SMILES string of the molecule is CC(=O)COCCOCCOCC(=O)N1CCN(CC#Cc2ccc(OCCCc3sc(N4CCCc5c4nnc(Nc4nc6ccccc6s4)c5C)nc3C(=O)O)c(F)c2)CC1. The van der Waals surface area contributed by atoms with Crippen LogP contribution in [0.15, 0.2) is 42.5 Å². The van der Waals surface area contributed by atoms with Crippen LogP contribution >= 0.6 is 22.7 Å². The van der Waals surface area contributed by atoms with Crippen LogP contribution in [0, 0.1) is 24.6 Å². The first-order chi connectivity index (χ1) is 30.6. The molecule has 3 aromatic heterocycles. The van der Waals surface area contributed by atoms with E-state index in [1.165, 1.54) is 24.3 Å². The Kier molecular flexibility index (Phi) is 16.0. The van der Waals surface area contributed by atoms with E-state index in [2.05, 4.69) is 42.2 Å². The molecule has 16 nitrogen and oxygen atoms in total. The second kappa shape index (κ2) is 22.1. The molecule has 0 radical (unpaired) electrons. The smallest absolute Gasteiger partial charge is 0.355 e. The number of carboxylic acids is 1. The van der Waals surface area contributed by atoms with Gasteiger partial charge in [0.15, 0.2) is 44.9 Å². The molecule has 1 amide bonds. The van der Waals surface area contributed by atoms with Gasteiger partial charge in [-0.25, -0.2) is 19.2 Å². The topological polar surface area (TPSA) is 182 Å². The lowest BCUT2D eigenvalue weighted by Gasteiger charge is -2.33. The minimum atomic E-state index is -1.12. The molecular weight excluding hydrogens is 852 g/mol. The number of aromatic nitrogens is 4. The molecule has 2 aromatic carbocycles. The summed E-state index contributed by atoms with van der Waals surface area (Å²) in [4.78, 5) is 51.3. The number of rotatable bonds is 20. The number of hydrogen-bond donors (Lipinski definition) is 2. The van der Waals surface area contributed by atoms with Crippen LogP contribution in [0.2, 0.25) is 0 Å². The zero-order chi connectivity index (χ0) is 44.1. The van der Waals surface area contributed by atoms with Crippen molar-refractivity contribution in [3.05, 3.63) is 75.5 Å². The number of nitrogens with zero attached hydrogens (tertiary/aromatic N) is 7. The van der Waals surface area contributed by atoms with Gasteiger partial charge < -0.3 is 39.2 Å². The van der Waals surface area contributed by atoms with Gasteiger partial charge in [0.2, 0.25) is 5.91 Å². The van der Waals surface area contributed by atoms with Gasteiger partial charge in [0.05, 0.1) is 49.8 Å². The first kappa shape index (κ1) is 45.4. The zero-order valence-electron chi connectivity index (χ0n) is 35.2. The van der Waals surface area contributed by atoms with Crippen molar-refractivity contribution in [1.82, 2.24) is 30.0 Å². The summed E-state index contributed by atoms with van der Waals surface area (Å²) in [5, 5.41) is 23.7. The van der Waals surface area contributed by atoms with E-state index in [1.54, 1.807) is 28.4 Å². The third-order valence-electron chi connectivity index (χ3n) is 10.3. The third kappa shape index (κ3) is 12.3. The van der Waals surface area contributed by atoms with E-state index in [-0.39, 0.29) is 49.6 Å². The number of Topliss-reactive ketones (excluding diaryl/α,β-unsaturated/α-hetero) is 1. The number of ether oxygens (including phenoxy) is 4. The fourth-order valence-corrected chi connectivity index (χ4v) is 9.01. The molecular formula is C44H49FN8O8S2. The summed E-state index contributed by atoms with van der Waals surface area (Å²) in [6, 6.07) is 12.5. The number of anilines is 4. The lowest BCUT2D eigenvalue weighted by Crippen LogP contribution is -2.49. The highest BCUT2D eigenvalue weighted by molar-refractivity contribution is 7.22. The maximum Gasteiger partial charge on any atom is 0.355 e. The van der Waals surface area contributed by atoms with Crippen LogP contribution in [0.1, 0.15) is 51.8 Å². The van der Waals surface area contributed by atoms with Gasteiger partial charge in [0.1, 0.15) is 13.2 Å².